The first-order valence-corrected chi connectivity index (χ1v) is 3.52. The molecule has 0 aliphatic carbocycles. The van der Waals surface area contributed by atoms with Gasteiger partial charge in [-0.25, -0.2) is 0 Å². The van der Waals surface area contributed by atoms with Gasteiger partial charge in [-0.3, -0.25) is 0 Å². The van der Waals surface area contributed by atoms with E-state index in [1.54, 1.807) is 18.2 Å². The van der Waals surface area contributed by atoms with Gasteiger partial charge in [-0.1, -0.05) is 6.07 Å². The number of hydrogen-bond acceptors (Lipinski definition) is 2. The highest BCUT2D eigenvalue weighted by molar-refractivity contribution is 5.89. The zero-order valence-electron chi connectivity index (χ0n) is 6.20. The number of aromatic hydroxyl groups is 1. The number of nitriles is 1. The Morgan fingerprint density at radius 2 is 2.25 bits per heavy atom. The zero-order valence-corrected chi connectivity index (χ0v) is 6.20. The Kier molecular flexibility index (Phi) is 1.28. The number of benzene rings is 1. The molecule has 0 aliphatic rings. The number of aromatic nitrogens is 1. The maximum Gasteiger partial charge on any atom is 0.140 e. The molecule has 0 atom stereocenters. The quantitative estimate of drug-likeness (QED) is 0.613. The Labute approximate surface area is 68.9 Å². The van der Waals surface area contributed by atoms with Crippen molar-refractivity contribution in [2.24, 2.45) is 0 Å². The zero-order chi connectivity index (χ0) is 8.55. The van der Waals surface area contributed by atoms with Crippen molar-refractivity contribution >= 4 is 10.9 Å². The van der Waals surface area contributed by atoms with E-state index in [4.69, 9.17) is 5.26 Å². The molecule has 1 aromatic carbocycles. The van der Waals surface area contributed by atoms with Crippen molar-refractivity contribution in [3.8, 4) is 11.8 Å². The van der Waals surface area contributed by atoms with Crippen LogP contribution in [0.15, 0.2) is 24.4 Å². The summed E-state index contributed by atoms with van der Waals surface area (Å²) in [6, 6.07) is 7.26. The molecule has 2 N–H and O–H groups in total. The van der Waals surface area contributed by atoms with Crippen LogP contribution in [0.2, 0.25) is 0 Å². The van der Waals surface area contributed by atoms with Gasteiger partial charge in [-0.2, -0.15) is 5.26 Å². The summed E-state index contributed by atoms with van der Waals surface area (Å²) in [7, 11) is 0. The summed E-state index contributed by atoms with van der Waals surface area (Å²) in [4.78, 5) is 2.83. The summed E-state index contributed by atoms with van der Waals surface area (Å²) < 4.78 is 0. The van der Waals surface area contributed by atoms with Gasteiger partial charge in [0.05, 0.1) is 11.1 Å². The van der Waals surface area contributed by atoms with Crippen LogP contribution in [-0.2, 0) is 0 Å². The third-order valence-electron chi connectivity index (χ3n) is 1.81. The number of rotatable bonds is 0. The molecule has 1 heterocycles. The second-order valence-electron chi connectivity index (χ2n) is 2.51. The van der Waals surface area contributed by atoms with Crippen LogP contribution in [0.4, 0.5) is 0 Å². The molecule has 0 unspecified atom stereocenters. The number of para-hydroxylation sites is 1. The Hall–Kier alpha value is -1.95. The van der Waals surface area contributed by atoms with Crippen molar-refractivity contribution in [2.45, 2.75) is 0 Å². The topological polar surface area (TPSA) is 59.8 Å². The summed E-state index contributed by atoms with van der Waals surface area (Å²) in [6.07, 6.45) is 1.48. The molecule has 0 spiro atoms. The Morgan fingerprint density at radius 3 is 3.00 bits per heavy atom. The summed E-state index contributed by atoms with van der Waals surface area (Å²) in [5, 5.41) is 18.7. The van der Waals surface area contributed by atoms with Gasteiger partial charge in [-0.05, 0) is 12.1 Å². The number of nitrogens with zero attached hydrogens (tertiary/aromatic N) is 1. The molecule has 2 aromatic rings. The second-order valence-corrected chi connectivity index (χ2v) is 2.51. The van der Waals surface area contributed by atoms with Crippen molar-refractivity contribution in [2.75, 3.05) is 0 Å². The van der Waals surface area contributed by atoms with Crippen LogP contribution in [0.1, 0.15) is 5.56 Å². The van der Waals surface area contributed by atoms with Crippen LogP contribution < -0.4 is 0 Å². The Balaban J connectivity index is 2.92. The van der Waals surface area contributed by atoms with Crippen LogP contribution in [0.25, 0.3) is 10.9 Å². The van der Waals surface area contributed by atoms with E-state index in [-0.39, 0.29) is 5.75 Å². The van der Waals surface area contributed by atoms with E-state index in [1.165, 1.54) is 6.20 Å². The monoisotopic (exact) mass is 158 g/mol. The van der Waals surface area contributed by atoms with Crippen molar-refractivity contribution in [1.29, 1.82) is 5.26 Å². The molecule has 0 aliphatic heterocycles. The summed E-state index contributed by atoms with van der Waals surface area (Å²) >= 11 is 0. The fourth-order valence-electron chi connectivity index (χ4n) is 1.23. The first kappa shape index (κ1) is 6.74. The fraction of sp³-hybridized carbons (Fsp3) is 0. The van der Waals surface area contributed by atoms with Crippen LogP contribution in [-0.4, -0.2) is 10.1 Å². The van der Waals surface area contributed by atoms with Gasteiger partial charge in [-0.15, -0.1) is 0 Å². The van der Waals surface area contributed by atoms with E-state index in [0.29, 0.717) is 16.5 Å². The molecule has 0 saturated carbocycles. The van der Waals surface area contributed by atoms with E-state index in [0.717, 1.165) is 0 Å². The summed E-state index contributed by atoms with van der Waals surface area (Å²) in [5.41, 5.74) is 1.24. The van der Waals surface area contributed by atoms with Gasteiger partial charge in [0, 0.05) is 11.6 Å². The number of fused-ring (bicyclic) bond motifs is 1. The van der Waals surface area contributed by atoms with Crippen LogP contribution >= 0.6 is 0 Å². The van der Waals surface area contributed by atoms with E-state index < -0.39 is 0 Å². The lowest BCUT2D eigenvalue weighted by Gasteiger charge is -1.91. The minimum absolute atomic E-state index is 0.183. The summed E-state index contributed by atoms with van der Waals surface area (Å²) in [6.45, 7) is 0. The lowest BCUT2D eigenvalue weighted by atomic mass is 10.1. The van der Waals surface area contributed by atoms with E-state index in [1.807, 2.05) is 6.07 Å². The Morgan fingerprint density at radius 1 is 1.42 bits per heavy atom. The highest BCUT2D eigenvalue weighted by Gasteiger charge is 2.04. The lowest BCUT2D eigenvalue weighted by molar-refractivity contribution is 0.481. The van der Waals surface area contributed by atoms with Crippen molar-refractivity contribution < 1.29 is 5.11 Å². The standard InChI is InChI=1S/C9H6N2O/c10-4-6-2-1-3-7-8(12)5-11-9(6)7/h1-3,5,11-12H. The van der Waals surface area contributed by atoms with Crippen LogP contribution in [0, 0.1) is 11.3 Å². The molecule has 12 heavy (non-hydrogen) atoms. The van der Waals surface area contributed by atoms with Crippen molar-refractivity contribution in [3.63, 3.8) is 0 Å². The predicted octanol–water partition coefficient (Wildman–Crippen LogP) is 1.75. The third-order valence-corrected chi connectivity index (χ3v) is 1.81. The molecule has 58 valence electrons. The first-order valence-electron chi connectivity index (χ1n) is 3.52. The molecule has 0 amide bonds. The molecule has 2 rings (SSSR count). The minimum Gasteiger partial charge on any atom is -0.506 e. The maximum absolute atomic E-state index is 9.29. The normalized spacial score (nSPS) is 9.92. The minimum atomic E-state index is 0.183. The molecule has 3 heteroatoms. The second kappa shape index (κ2) is 2.28. The average molecular weight is 158 g/mol. The van der Waals surface area contributed by atoms with E-state index in [2.05, 4.69) is 4.98 Å². The number of H-pyrrole nitrogens is 1. The Bertz CT molecular complexity index is 465. The summed E-state index contributed by atoms with van der Waals surface area (Å²) in [5.74, 6) is 0.183. The number of hydrogen-bond donors (Lipinski definition) is 2. The van der Waals surface area contributed by atoms with Gasteiger partial charge in [0.1, 0.15) is 11.8 Å². The highest BCUT2D eigenvalue weighted by atomic mass is 16.3. The largest absolute Gasteiger partial charge is 0.506 e. The van der Waals surface area contributed by atoms with Gasteiger partial charge < -0.3 is 10.1 Å². The third kappa shape index (κ3) is 0.753. The predicted molar refractivity (Wildman–Crippen MR) is 44.7 cm³/mol. The number of nitrogens with one attached hydrogen (secondary N) is 1. The molecular weight excluding hydrogens is 152 g/mol. The molecule has 0 radical (unpaired) electrons. The lowest BCUT2D eigenvalue weighted by Crippen LogP contribution is -1.75. The molecule has 3 nitrogen and oxygen atoms in total. The average Bonchev–Trinajstić information content (AvgIpc) is 2.48. The number of aromatic amines is 1. The van der Waals surface area contributed by atoms with Crippen molar-refractivity contribution in [3.05, 3.63) is 30.0 Å². The van der Waals surface area contributed by atoms with E-state index in [9.17, 15) is 5.11 Å². The first-order chi connectivity index (χ1) is 5.83. The fourth-order valence-corrected chi connectivity index (χ4v) is 1.23. The van der Waals surface area contributed by atoms with Gasteiger partial charge in [0.15, 0.2) is 0 Å². The SMILES string of the molecule is N#Cc1cccc2c(O)c[nH]c12. The molecule has 0 bridgehead atoms. The van der Waals surface area contributed by atoms with Gasteiger partial charge in [0.2, 0.25) is 0 Å². The van der Waals surface area contributed by atoms with Gasteiger partial charge in [0.25, 0.3) is 0 Å². The molecule has 0 fully saturated rings. The highest BCUT2D eigenvalue weighted by Crippen LogP contribution is 2.25. The van der Waals surface area contributed by atoms with Gasteiger partial charge >= 0.3 is 0 Å². The van der Waals surface area contributed by atoms with Crippen LogP contribution in [0.3, 0.4) is 0 Å². The van der Waals surface area contributed by atoms with E-state index >= 15 is 0 Å². The maximum atomic E-state index is 9.29. The molecule has 0 saturated heterocycles. The van der Waals surface area contributed by atoms with Crippen LogP contribution in [0.5, 0.6) is 5.75 Å². The van der Waals surface area contributed by atoms with Crippen molar-refractivity contribution in [1.82, 2.24) is 4.98 Å². The molecular formula is C9H6N2O. The smallest absolute Gasteiger partial charge is 0.140 e. The molecule has 1 aromatic heterocycles.